The molecular formula is C15H29NO. The summed E-state index contributed by atoms with van der Waals surface area (Å²) in [6.07, 6.45) is 13.2. The van der Waals surface area contributed by atoms with Crippen molar-refractivity contribution in [3.63, 3.8) is 0 Å². The summed E-state index contributed by atoms with van der Waals surface area (Å²) in [5, 5.41) is 13.2. The zero-order valence-electron chi connectivity index (χ0n) is 11.2. The Hall–Kier alpha value is -0.0800. The monoisotopic (exact) mass is 239 g/mol. The van der Waals surface area contributed by atoms with Crippen molar-refractivity contribution in [2.75, 3.05) is 13.1 Å². The molecule has 0 aromatic carbocycles. The van der Waals surface area contributed by atoms with Gasteiger partial charge in [0.05, 0.1) is 6.10 Å². The lowest BCUT2D eigenvalue weighted by atomic mass is 9.87. The number of aliphatic hydroxyl groups excluding tert-OH is 1. The summed E-state index contributed by atoms with van der Waals surface area (Å²) in [4.78, 5) is 0. The molecule has 0 aromatic rings. The summed E-state index contributed by atoms with van der Waals surface area (Å²) in [5.74, 6) is 1.76. The summed E-state index contributed by atoms with van der Waals surface area (Å²) in [6.45, 7) is 2.42. The van der Waals surface area contributed by atoms with Crippen molar-refractivity contribution < 1.29 is 5.11 Å². The highest BCUT2D eigenvalue weighted by atomic mass is 16.3. The lowest BCUT2D eigenvalue weighted by molar-refractivity contribution is 0.108. The van der Waals surface area contributed by atoms with E-state index in [1.165, 1.54) is 64.5 Å². The van der Waals surface area contributed by atoms with Crippen LogP contribution in [0.1, 0.15) is 64.2 Å². The maximum atomic E-state index is 9.47. The van der Waals surface area contributed by atoms with E-state index in [1.807, 2.05) is 0 Å². The van der Waals surface area contributed by atoms with Crippen LogP contribution in [0.4, 0.5) is 0 Å². The van der Waals surface area contributed by atoms with Crippen LogP contribution in [0.5, 0.6) is 0 Å². The highest BCUT2D eigenvalue weighted by Crippen LogP contribution is 2.24. The van der Waals surface area contributed by atoms with Crippen molar-refractivity contribution in [1.82, 2.24) is 5.32 Å². The second-order valence-electron chi connectivity index (χ2n) is 6.19. The Balaban J connectivity index is 1.55. The molecule has 2 aliphatic rings. The summed E-state index contributed by atoms with van der Waals surface area (Å²) in [6, 6.07) is 0. The lowest BCUT2D eigenvalue weighted by Gasteiger charge is -2.26. The van der Waals surface area contributed by atoms with Gasteiger partial charge < -0.3 is 10.4 Å². The zero-order chi connectivity index (χ0) is 11.9. The van der Waals surface area contributed by atoms with Gasteiger partial charge in [-0.1, -0.05) is 25.7 Å². The van der Waals surface area contributed by atoms with Crippen LogP contribution in [0.15, 0.2) is 0 Å². The second-order valence-corrected chi connectivity index (χ2v) is 6.19. The zero-order valence-corrected chi connectivity index (χ0v) is 11.2. The molecule has 2 aliphatic carbocycles. The van der Waals surface area contributed by atoms with Crippen molar-refractivity contribution in [2.24, 2.45) is 11.8 Å². The molecule has 100 valence electrons. The van der Waals surface area contributed by atoms with Crippen LogP contribution in [-0.4, -0.2) is 24.3 Å². The van der Waals surface area contributed by atoms with Crippen LogP contribution < -0.4 is 5.32 Å². The summed E-state index contributed by atoms with van der Waals surface area (Å²) in [5.41, 5.74) is 0. The molecule has 2 rings (SSSR count). The van der Waals surface area contributed by atoms with Crippen molar-refractivity contribution in [3.8, 4) is 0 Å². The molecule has 2 saturated carbocycles. The summed E-state index contributed by atoms with van der Waals surface area (Å²) >= 11 is 0. The number of nitrogens with one attached hydrogen (secondary N) is 1. The van der Waals surface area contributed by atoms with Crippen LogP contribution >= 0.6 is 0 Å². The van der Waals surface area contributed by atoms with E-state index in [-0.39, 0.29) is 6.10 Å². The van der Waals surface area contributed by atoms with Gasteiger partial charge in [-0.05, 0) is 63.5 Å². The predicted octanol–water partition coefficient (Wildman–Crippen LogP) is 3.10. The highest BCUT2D eigenvalue weighted by molar-refractivity contribution is 4.74. The van der Waals surface area contributed by atoms with Gasteiger partial charge in [0.15, 0.2) is 0 Å². The van der Waals surface area contributed by atoms with Crippen LogP contribution in [0.2, 0.25) is 0 Å². The number of hydrogen-bond acceptors (Lipinski definition) is 2. The molecule has 0 aliphatic heterocycles. The average Bonchev–Trinajstić information content (AvgIpc) is 2.60. The van der Waals surface area contributed by atoms with Gasteiger partial charge >= 0.3 is 0 Å². The summed E-state index contributed by atoms with van der Waals surface area (Å²) in [7, 11) is 0. The van der Waals surface area contributed by atoms with Gasteiger partial charge in [0.1, 0.15) is 0 Å². The molecule has 2 fully saturated rings. The third-order valence-electron chi connectivity index (χ3n) is 4.66. The Morgan fingerprint density at radius 1 is 0.706 bits per heavy atom. The molecule has 2 heteroatoms. The molecule has 2 nitrogen and oxygen atoms in total. The van der Waals surface area contributed by atoms with Gasteiger partial charge in [-0.2, -0.15) is 0 Å². The van der Waals surface area contributed by atoms with Gasteiger partial charge in [-0.15, -0.1) is 0 Å². The average molecular weight is 239 g/mol. The summed E-state index contributed by atoms with van der Waals surface area (Å²) < 4.78 is 0. The molecule has 0 radical (unpaired) electrons. The molecule has 0 amide bonds. The minimum Gasteiger partial charge on any atom is -0.393 e. The van der Waals surface area contributed by atoms with Crippen molar-refractivity contribution in [2.45, 2.75) is 70.3 Å². The van der Waals surface area contributed by atoms with Gasteiger partial charge in [-0.3, -0.25) is 0 Å². The van der Waals surface area contributed by atoms with E-state index in [0.29, 0.717) is 0 Å². The van der Waals surface area contributed by atoms with Gasteiger partial charge in [0.25, 0.3) is 0 Å². The first-order valence-electron chi connectivity index (χ1n) is 7.73. The van der Waals surface area contributed by atoms with E-state index >= 15 is 0 Å². The fourth-order valence-corrected chi connectivity index (χ4v) is 3.41. The predicted molar refractivity (Wildman–Crippen MR) is 72.0 cm³/mol. The second kappa shape index (κ2) is 7.38. The van der Waals surface area contributed by atoms with Crippen LogP contribution in [0.3, 0.4) is 0 Å². The first kappa shape index (κ1) is 13.4. The van der Waals surface area contributed by atoms with E-state index in [4.69, 9.17) is 0 Å². The Morgan fingerprint density at radius 2 is 1.24 bits per heavy atom. The van der Waals surface area contributed by atoms with Crippen LogP contribution in [0.25, 0.3) is 0 Å². The van der Waals surface area contributed by atoms with Gasteiger partial charge in [0.2, 0.25) is 0 Å². The molecule has 0 aromatic heterocycles. The Labute approximate surface area is 106 Å². The van der Waals surface area contributed by atoms with Crippen molar-refractivity contribution in [3.05, 3.63) is 0 Å². The first-order valence-corrected chi connectivity index (χ1v) is 7.73. The van der Waals surface area contributed by atoms with Crippen molar-refractivity contribution >= 4 is 0 Å². The molecular weight excluding hydrogens is 210 g/mol. The lowest BCUT2D eigenvalue weighted by Crippen LogP contribution is -2.31. The van der Waals surface area contributed by atoms with E-state index in [0.717, 1.165) is 24.7 Å². The van der Waals surface area contributed by atoms with Gasteiger partial charge in [-0.25, -0.2) is 0 Å². The normalized spacial score (nSPS) is 32.3. The molecule has 0 atom stereocenters. The van der Waals surface area contributed by atoms with E-state index < -0.39 is 0 Å². The minimum absolute atomic E-state index is 0.00638. The van der Waals surface area contributed by atoms with Crippen LogP contribution in [0, 0.1) is 11.8 Å². The Bertz CT molecular complexity index is 191. The molecule has 2 N–H and O–H groups in total. The quantitative estimate of drug-likeness (QED) is 0.739. The third-order valence-corrected chi connectivity index (χ3v) is 4.66. The fourth-order valence-electron chi connectivity index (χ4n) is 3.41. The van der Waals surface area contributed by atoms with E-state index in [9.17, 15) is 5.11 Å². The highest BCUT2D eigenvalue weighted by Gasteiger charge is 2.19. The van der Waals surface area contributed by atoms with E-state index in [2.05, 4.69) is 5.32 Å². The van der Waals surface area contributed by atoms with Crippen molar-refractivity contribution in [1.29, 1.82) is 0 Å². The largest absolute Gasteiger partial charge is 0.393 e. The smallest absolute Gasteiger partial charge is 0.0540 e. The molecule has 0 bridgehead atoms. The van der Waals surface area contributed by atoms with Gasteiger partial charge in [0, 0.05) is 0 Å². The third kappa shape index (κ3) is 4.97. The Morgan fingerprint density at radius 3 is 1.82 bits per heavy atom. The van der Waals surface area contributed by atoms with Crippen LogP contribution in [-0.2, 0) is 0 Å². The Kier molecular flexibility index (Phi) is 5.79. The molecule has 0 unspecified atom stereocenters. The standard InChI is InChI=1S/C15H29NO/c17-15-9-7-14(8-10-15)12-16-11-13-5-3-1-2-4-6-13/h13-17H,1-12H2. The maximum absolute atomic E-state index is 9.47. The number of aliphatic hydroxyl groups is 1. The fraction of sp³-hybridized carbons (Fsp3) is 1.00. The molecule has 0 spiro atoms. The minimum atomic E-state index is -0.00638. The van der Waals surface area contributed by atoms with E-state index in [1.54, 1.807) is 0 Å². The SMILES string of the molecule is OC1CCC(CNCC2CCCCCC2)CC1. The maximum Gasteiger partial charge on any atom is 0.0540 e. The topological polar surface area (TPSA) is 32.3 Å². The molecule has 0 heterocycles. The first-order chi connectivity index (χ1) is 8.34. The molecule has 17 heavy (non-hydrogen) atoms. The number of rotatable bonds is 4. The molecule has 0 saturated heterocycles. The number of hydrogen-bond donors (Lipinski definition) is 2.